The Hall–Kier alpha value is -1.94. The average Bonchev–Trinajstić information content (AvgIpc) is 3.15. The lowest BCUT2D eigenvalue weighted by Gasteiger charge is -2.35. The van der Waals surface area contributed by atoms with Crippen molar-refractivity contribution in [2.24, 2.45) is 10.7 Å². The molecule has 2 N–H and O–H groups in total. The van der Waals surface area contributed by atoms with Gasteiger partial charge in [-0.3, -0.25) is 0 Å². The van der Waals surface area contributed by atoms with Crippen molar-refractivity contribution in [2.45, 2.75) is 6.54 Å². The van der Waals surface area contributed by atoms with Crippen molar-refractivity contribution in [3.63, 3.8) is 0 Å². The van der Waals surface area contributed by atoms with E-state index in [-0.39, 0.29) is 24.0 Å². The third kappa shape index (κ3) is 4.24. The molecule has 136 valence electrons. The molecular formula is C18H21IN6S. The zero-order chi connectivity index (χ0) is 17.1. The maximum atomic E-state index is 6.20. The maximum absolute atomic E-state index is 6.20. The molecule has 0 atom stereocenters. The number of hydrogen-bond acceptors (Lipinski definition) is 5. The maximum Gasteiger partial charge on any atom is 0.225 e. The van der Waals surface area contributed by atoms with E-state index >= 15 is 0 Å². The second-order valence-corrected chi connectivity index (χ2v) is 6.94. The first-order valence-electron chi connectivity index (χ1n) is 8.32. The molecule has 0 radical (unpaired) electrons. The molecule has 0 amide bonds. The molecule has 0 bridgehead atoms. The minimum absolute atomic E-state index is 0. The van der Waals surface area contributed by atoms with E-state index in [1.54, 1.807) is 23.7 Å². The van der Waals surface area contributed by atoms with Crippen molar-refractivity contribution in [2.75, 3.05) is 31.1 Å². The quantitative estimate of drug-likeness (QED) is 0.355. The first kappa shape index (κ1) is 18.8. The van der Waals surface area contributed by atoms with Crippen molar-refractivity contribution >= 4 is 57.3 Å². The van der Waals surface area contributed by atoms with Gasteiger partial charge in [-0.2, -0.15) is 0 Å². The number of guanidine groups is 1. The van der Waals surface area contributed by atoms with Gasteiger partial charge in [0.05, 0.1) is 6.54 Å². The lowest BCUT2D eigenvalue weighted by molar-refractivity contribution is 0.378. The van der Waals surface area contributed by atoms with Gasteiger partial charge in [-0.25, -0.2) is 15.0 Å². The second kappa shape index (κ2) is 8.63. The van der Waals surface area contributed by atoms with Crippen LogP contribution in [0, 0.1) is 0 Å². The Labute approximate surface area is 173 Å². The number of halogens is 1. The first-order valence-corrected chi connectivity index (χ1v) is 9.20. The van der Waals surface area contributed by atoms with Crippen LogP contribution in [0.5, 0.6) is 0 Å². The molecule has 3 aromatic rings. The van der Waals surface area contributed by atoms with Crippen molar-refractivity contribution in [3.8, 4) is 0 Å². The zero-order valence-electron chi connectivity index (χ0n) is 14.3. The molecule has 0 aliphatic carbocycles. The normalized spacial score (nSPS) is 15.2. The summed E-state index contributed by atoms with van der Waals surface area (Å²) in [5, 5.41) is 3.38. The van der Waals surface area contributed by atoms with Gasteiger partial charge in [-0.05, 0) is 40.6 Å². The molecule has 1 saturated heterocycles. The van der Waals surface area contributed by atoms with E-state index in [1.165, 1.54) is 15.6 Å². The standard InChI is InChI=1S/C18H20N6S.HI/c19-17(22-13-14-2-3-16-15(12-14)4-11-25-16)23-7-9-24(10-8-23)18-20-5-1-6-21-18;/h1-6,11-12H,7-10,13H2,(H2,19,22);1H. The van der Waals surface area contributed by atoms with E-state index in [2.05, 4.69) is 54.4 Å². The summed E-state index contributed by atoms with van der Waals surface area (Å²) in [6.45, 7) is 3.97. The summed E-state index contributed by atoms with van der Waals surface area (Å²) >= 11 is 1.76. The molecular weight excluding hydrogens is 459 g/mol. The van der Waals surface area contributed by atoms with Gasteiger partial charge in [-0.15, -0.1) is 35.3 Å². The third-order valence-electron chi connectivity index (χ3n) is 4.38. The molecule has 1 aromatic carbocycles. The number of hydrogen-bond donors (Lipinski definition) is 1. The summed E-state index contributed by atoms with van der Waals surface area (Å²) in [5.41, 5.74) is 7.39. The molecule has 0 unspecified atom stereocenters. The molecule has 0 spiro atoms. The van der Waals surface area contributed by atoms with Crippen molar-refractivity contribution in [1.29, 1.82) is 0 Å². The highest BCUT2D eigenvalue weighted by molar-refractivity contribution is 14.0. The largest absolute Gasteiger partial charge is 0.370 e. The third-order valence-corrected chi connectivity index (χ3v) is 5.28. The van der Waals surface area contributed by atoms with Crippen LogP contribution in [0.1, 0.15) is 5.56 Å². The number of aromatic nitrogens is 2. The van der Waals surface area contributed by atoms with E-state index in [1.807, 2.05) is 6.07 Å². The first-order chi connectivity index (χ1) is 12.3. The molecule has 26 heavy (non-hydrogen) atoms. The van der Waals surface area contributed by atoms with Crippen LogP contribution < -0.4 is 10.6 Å². The van der Waals surface area contributed by atoms with Crippen LogP contribution in [0.3, 0.4) is 0 Å². The van der Waals surface area contributed by atoms with Gasteiger partial charge in [0.1, 0.15) is 0 Å². The Morgan fingerprint density at radius 1 is 1.12 bits per heavy atom. The number of anilines is 1. The number of nitrogens with two attached hydrogens (primary N) is 1. The van der Waals surface area contributed by atoms with Crippen LogP contribution in [0.15, 0.2) is 53.1 Å². The van der Waals surface area contributed by atoms with Crippen LogP contribution >= 0.6 is 35.3 Å². The second-order valence-electron chi connectivity index (χ2n) is 5.99. The van der Waals surface area contributed by atoms with Gasteiger partial charge < -0.3 is 15.5 Å². The highest BCUT2D eigenvalue weighted by Crippen LogP contribution is 2.22. The van der Waals surface area contributed by atoms with Crippen LogP contribution in [-0.4, -0.2) is 47.0 Å². The Morgan fingerprint density at radius 3 is 2.65 bits per heavy atom. The van der Waals surface area contributed by atoms with Gasteiger partial charge in [0.25, 0.3) is 0 Å². The van der Waals surface area contributed by atoms with E-state index in [9.17, 15) is 0 Å². The fourth-order valence-corrected chi connectivity index (χ4v) is 3.75. The van der Waals surface area contributed by atoms with Gasteiger partial charge >= 0.3 is 0 Å². The van der Waals surface area contributed by atoms with Crippen LogP contribution in [0.25, 0.3) is 10.1 Å². The Kier molecular flexibility index (Phi) is 6.25. The van der Waals surface area contributed by atoms with Crippen LogP contribution in [0.2, 0.25) is 0 Å². The van der Waals surface area contributed by atoms with Gasteiger partial charge in [0.15, 0.2) is 5.96 Å². The minimum Gasteiger partial charge on any atom is -0.370 e. The summed E-state index contributed by atoms with van der Waals surface area (Å²) in [7, 11) is 0. The SMILES string of the molecule is I.NC(=NCc1ccc2sccc2c1)N1CCN(c2ncccn2)CC1. The summed E-state index contributed by atoms with van der Waals surface area (Å²) in [4.78, 5) is 17.5. The van der Waals surface area contributed by atoms with Crippen LogP contribution in [-0.2, 0) is 6.54 Å². The minimum atomic E-state index is 0. The fourth-order valence-electron chi connectivity index (χ4n) is 2.98. The molecule has 3 heterocycles. The number of aliphatic imine (C=N–C) groups is 1. The number of benzene rings is 1. The molecule has 6 nitrogen and oxygen atoms in total. The summed E-state index contributed by atoms with van der Waals surface area (Å²) in [6, 6.07) is 10.4. The molecule has 8 heteroatoms. The molecule has 0 saturated carbocycles. The van der Waals surface area contributed by atoms with Crippen molar-refractivity contribution in [1.82, 2.24) is 14.9 Å². The lowest BCUT2D eigenvalue weighted by atomic mass is 10.2. The Morgan fingerprint density at radius 2 is 1.88 bits per heavy atom. The van der Waals surface area contributed by atoms with Crippen molar-refractivity contribution < 1.29 is 0 Å². The number of fused-ring (bicyclic) bond motifs is 1. The zero-order valence-corrected chi connectivity index (χ0v) is 17.4. The molecule has 4 rings (SSSR count). The van der Waals surface area contributed by atoms with Crippen LogP contribution in [0.4, 0.5) is 5.95 Å². The number of nitrogens with zero attached hydrogens (tertiary/aromatic N) is 5. The van der Waals surface area contributed by atoms with Gasteiger partial charge in [0, 0.05) is 43.3 Å². The smallest absolute Gasteiger partial charge is 0.225 e. The predicted octanol–water partition coefficient (Wildman–Crippen LogP) is 2.95. The van der Waals surface area contributed by atoms with E-state index < -0.39 is 0 Å². The number of rotatable bonds is 3. The molecule has 2 aromatic heterocycles. The Bertz CT molecular complexity index is 874. The summed E-state index contributed by atoms with van der Waals surface area (Å²) in [5.74, 6) is 1.39. The highest BCUT2D eigenvalue weighted by atomic mass is 127. The molecule has 1 aliphatic heterocycles. The van der Waals surface area contributed by atoms with E-state index in [0.29, 0.717) is 12.5 Å². The van der Waals surface area contributed by atoms with E-state index in [0.717, 1.165) is 32.1 Å². The van der Waals surface area contributed by atoms with E-state index in [4.69, 9.17) is 5.73 Å². The van der Waals surface area contributed by atoms with Gasteiger partial charge in [-0.1, -0.05) is 6.07 Å². The molecule has 1 fully saturated rings. The number of piperazine rings is 1. The summed E-state index contributed by atoms with van der Waals surface area (Å²) in [6.07, 6.45) is 3.55. The van der Waals surface area contributed by atoms with Gasteiger partial charge in [0.2, 0.25) is 5.95 Å². The predicted molar refractivity (Wildman–Crippen MR) is 118 cm³/mol. The fraction of sp³-hybridized carbons (Fsp3) is 0.278. The topological polar surface area (TPSA) is 70.6 Å². The number of thiophene rings is 1. The Balaban J connectivity index is 0.00000196. The lowest BCUT2D eigenvalue weighted by Crippen LogP contribution is -2.51. The average molecular weight is 480 g/mol. The monoisotopic (exact) mass is 480 g/mol. The highest BCUT2D eigenvalue weighted by Gasteiger charge is 2.19. The summed E-state index contributed by atoms with van der Waals surface area (Å²) < 4.78 is 1.31. The van der Waals surface area contributed by atoms with Crippen molar-refractivity contribution in [3.05, 3.63) is 53.7 Å². The molecule has 1 aliphatic rings.